The van der Waals surface area contributed by atoms with Crippen molar-refractivity contribution in [2.45, 2.75) is 52.1 Å². The van der Waals surface area contributed by atoms with E-state index in [4.69, 9.17) is 15.2 Å². The molecule has 8 heteroatoms. The average Bonchev–Trinajstić information content (AvgIpc) is 3.19. The molecule has 0 unspecified atom stereocenters. The van der Waals surface area contributed by atoms with Crippen molar-refractivity contribution >= 4 is 16.9 Å². The summed E-state index contributed by atoms with van der Waals surface area (Å²) in [5.74, 6) is 1.11. The van der Waals surface area contributed by atoms with Gasteiger partial charge in [0.1, 0.15) is 23.3 Å². The number of rotatable bonds is 9. The minimum Gasteiger partial charge on any atom is -0.496 e. The molecule has 2 N–H and O–H groups in total. The molecule has 0 aliphatic carbocycles. The van der Waals surface area contributed by atoms with Crippen LogP contribution in [0.5, 0.6) is 11.8 Å². The minimum atomic E-state index is 0.237. The van der Waals surface area contributed by atoms with Crippen LogP contribution < -0.4 is 15.2 Å². The summed E-state index contributed by atoms with van der Waals surface area (Å²) in [5, 5.41) is 10.4. The summed E-state index contributed by atoms with van der Waals surface area (Å²) in [7, 11) is 1.68. The minimum absolute atomic E-state index is 0.237. The molecular weight excluding hydrogens is 416 g/mol. The molecule has 0 saturated carbocycles. The molecule has 3 aromatic rings. The zero-order valence-corrected chi connectivity index (χ0v) is 19.5. The van der Waals surface area contributed by atoms with E-state index < -0.39 is 0 Å². The van der Waals surface area contributed by atoms with Gasteiger partial charge in [0.15, 0.2) is 5.65 Å². The van der Waals surface area contributed by atoms with Crippen molar-refractivity contribution < 1.29 is 9.47 Å². The van der Waals surface area contributed by atoms with E-state index in [1.165, 1.54) is 24.8 Å². The van der Waals surface area contributed by atoms with E-state index in [0.29, 0.717) is 35.7 Å². The maximum absolute atomic E-state index is 9.76. The number of hydrogen-bond donors (Lipinski definition) is 1. The molecule has 0 atom stereocenters. The molecule has 33 heavy (non-hydrogen) atoms. The number of methoxy groups -OCH3 is 1. The standard InChI is InChI=1S/C25H32N6O2/c1-3-4-12-33-25-28-23(27)21-14-20(15-26)31(24(21)29-25)17-19-9-8-18(13-22(19)32-2)16-30-10-6-5-7-11-30/h8-9,13-14H,3-7,10-12,16-17H2,1-2H3,(H2,27,28,29). The first-order valence-corrected chi connectivity index (χ1v) is 11.7. The first-order valence-electron chi connectivity index (χ1n) is 11.7. The molecule has 1 aliphatic heterocycles. The van der Waals surface area contributed by atoms with Gasteiger partial charge in [0.2, 0.25) is 0 Å². The zero-order valence-electron chi connectivity index (χ0n) is 19.5. The van der Waals surface area contributed by atoms with E-state index in [1.807, 2.05) is 4.57 Å². The summed E-state index contributed by atoms with van der Waals surface area (Å²) in [6, 6.07) is 10.6. The normalized spacial score (nSPS) is 14.3. The summed E-state index contributed by atoms with van der Waals surface area (Å²) in [6.45, 7) is 6.28. The molecule has 2 aromatic heterocycles. The van der Waals surface area contributed by atoms with Gasteiger partial charge in [-0.25, -0.2) is 0 Å². The van der Waals surface area contributed by atoms with E-state index in [9.17, 15) is 5.26 Å². The monoisotopic (exact) mass is 448 g/mol. The third kappa shape index (κ3) is 5.20. The predicted molar refractivity (Wildman–Crippen MR) is 128 cm³/mol. The average molecular weight is 449 g/mol. The number of likely N-dealkylation sites (tertiary alicyclic amines) is 1. The number of fused-ring (bicyclic) bond motifs is 1. The lowest BCUT2D eigenvalue weighted by Crippen LogP contribution is -2.29. The van der Waals surface area contributed by atoms with Crippen molar-refractivity contribution in [3.63, 3.8) is 0 Å². The third-order valence-corrected chi connectivity index (χ3v) is 6.14. The molecule has 0 bridgehead atoms. The Kier molecular flexibility index (Phi) is 7.30. The highest BCUT2D eigenvalue weighted by Gasteiger charge is 2.18. The number of benzene rings is 1. The van der Waals surface area contributed by atoms with Crippen LogP contribution in [0.4, 0.5) is 5.82 Å². The van der Waals surface area contributed by atoms with Crippen LogP contribution in [0, 0.1) is 11.3 Å². The summed E-state index contributed by atoms with van der Waals surface area (Å²) in [6.07, 6.45) is 5.78. The Balaban J connectivity index is 1.63. The van der Waals surface area contributed by atoms with E-state index in [1.54, 1.807) is 13.2 Å². The molecular formula is C25H32N6O2. The summed E-state index contributed by atoms with van der Waals surface area (Å²) in [5.41, 5.74) is 9.43. The Morgan fingerprint density at radius 1 is 1.12 bits per heavy atom. The van der Waals surface area contributed by atoms with Crippen molar-refractivity contribution in [2.75, 3.05) is 32.5 Å². The number of nitrogen functional groups attached to an aromatic ring is 1. The number of aromatic nitrogens is 3. The number of nitrogens with zero attached hydrogens (tertiary/aromatic N) is 5. The largest absolute Gasteiger partial charge is 0.496 e. The van der Waals surface area contributed by atoms with Gasteiger partial charge in [-0.3, -0.25) is 4.90 Å². The zero-order chi connectivity index (χ0) is 23.2. The molecule has 1 aromatic carbocycles. The quantitative estimate of drug-likeness (QED) is 0.492. The number of ether oxygens (including phenoxy) is 2. The fourth-order valence-corrected chi connectivity index (χ4v) is 4.32. The highest BCUT2D eigenvalue weighted by Crippen LogP contribution is 2.29. The molecule has 3 heterocycles. The van der Waals surface area contributed by atoms with Crippen LogP contribution in [0.2, 0.25) is 0 Å². The first kappa shape index (κ1) is 22.9. The third-order valence-electron chi connectivity index (χ3n) is 6.14. The highest BCUT2D eigenvalue weighted by molar-refractivity contribution is 5.88. The molecule has 8 nitrogen and oxygen atoms in total. The van der Waals surface area contributed by atoms with Crippen LogP contribution in [-0.2, 0) is 13.1 Å². The maximum Gasteiger partial charge on any atom is 0.320 e. The fourth-order valence-electron chi connectivity index (χ4n) is 4.32. The van der Waals surface area contributed by atoms with Gasteiger partial charge in [0.25, 0.3) is 0 Å². The van der Waals surface area contributed by atoms with Crippen LogP contribution >= 0.6 is 0 Å². The number of nitriles is 1. The van der Waals surface area contributed by atoms with Gasteiger partial charge in [0.05, 0.1) is 25.6 Å². The SMILES string of the molecule is CCCCOc1nc(N)c2cc(C#N)n(Cc3ccc(CN4CCCCC4)cc3OC)c2n1. The predicted octanol–water partition coefficient (Wildman–Crippen LogP) is 4.11. The lowest BCUT2D eigenvalue weighted by Gasteiger charge is -2.26. The summed E-state index contributed by atoms with van der Waals surface area (Å²) < 4.78 is 13.3. The second-order valence-corrected chi connectivity index (χ2v) is 8.54. The molecule has 174 valence electrons. The Labute approximate surface area is 194 Å². The van der Waals surface area contributed by atoms with E-state index in [2.05, 4.69) is 46.1 Å². The number of nitrogens with two attached hydrogens (primary N) is 1. The van der Waals surface area contributed by atoms with Crippen molar-refractivity contribution in [3.05, 3.63) is 41.1 Å². The number of unbranched alkanes of at least 4 members (excludes halogenated alkanes) is 1. The number of hydrogen-bond acceptors (Lipinski definition) is 7. The van der Waals surface area contributed by atoms with Gasteiger partial charge in [-0.05, 0) is 50.0 Å². The first-order chi connectivity index (χ1) is 16.1. The van der Waals surface area contributed by atoms with Crippen molar-refractivity contribution in [1.29, 1.82) is 5.26 Å². The van der Waals surface area contributed by atoms with Gasteiger partial charge >= 0.3 is 6.01 Å². The van der Waals surface area contributed by atoms with Crippen LogP contribution in [0.3, 0.4) is 0 Å². The summed E-state index contributed by atoms with van der Waals surface area (Å²) in [4.78, 5) is 11.3. The Morgan fingerprint density at radius 2 is 1.94 bits per heavy atom. The second-order valence-electron chi connectivity index (χ2n) is 8.54. The smallest absolute Gasteiger partial charge is 0.320 e. The number of piperidine rings is 1. The van der Waals surface area contributed by atoms with Crippen LogP contribution in [0.15, 0.2) is 24.3 Å². The Bertz CT molecular complexity index is 1140. The molecule has 4 rings (SSSR count). The number of anilines is 1. The van der Waals surface area contributed by atoms with Gasteiger partial charge in [-0.1, -0.05) is 31.9 Å². The fraction of sp³-hybridized carbons (Fsp3) is 0.480. The molecule has 1 aliphatic rings. The summed E-state index contributed by atoms with van der Waals surface area (Å²) >= 11 is 0. The van der Waals surface area contributed by atoms with Gasteiger partial charge in [0, 0.05) is 12.1 Å². The molecule has 0 spiro atoms. The molecule has 1 saturated heterocycles. The topological polar surface area (TPSA) is 102 Å². The maximum atomic E-state index is 9.76. The van der Waals surface area contributed by atoms with Crippen LogP contribution in [0.1, 0.15) is 55.8 Å². The lowest BCUT2D eigenvalue weighted by atomic mass is 10.1. The van der Waals surface area contributed by atoms with Crippen molar-refractivity contribution in [3.8, 4) is 17.8 Å². The Hall–Kier alpha value is -3.31. The lowest BCUT2D eigenvalue weighted by molar-refractivity contribution is 0.220. The van der Waals surface area contributed by atoms with Crippen molar-refractivity contribution in [2.24, 2.45) is 0 Å². The van der Waals surface area contributed by atoms with Gasteiger partial charge in [-0.2, -0.15) is 15.2 Å². The van der Waals surface area contributed by atoms with E-state index in [0.717, 1.165) is 43.8 Å². The van der Waals surface area contributed by atoms with E-state index >= 15 is 0 Å². The van der Waals surface area contributed by atoms with Gasteiger partial charge in [-0.15, -0.1) is 0 Å². The highest BCUT2D eigenvalue weighted by atomic mass is 16.5. The second kappa shape index (κ2) is 10.5. The molecule has 1 fully saturated rings. The van der Waals surface area contributed by atoms with E-state index in [-0.39, 0.29) is 6.01 Å². The Morgan fingerprint density at radius 3 is 2.67 bits per heavy atom. The van der Waals surface area contributed by atoms with Crippen LogP contribution in [0.25, 0.3) is 11.0 Å². The molecule has 0 amide bonds. The van der Waals surface area contributed by atoms with Crippen LogP contribution in [-0.4, -0.2) is 46.2 Å². The van der Waals surface area contributed by atoms with Crippen molar-refractivity contribution in [1.82, 2.24) is 19.4 Å². The van der Waals surface area contributed by atoms with Gasteiger partial charge < -0.3 is 19.8 Å². The molecule has 0 radical (unpaired) electrons.